The number of carbonyl (C=O) groups excluding carboxylic acids is 2. The minimum atomic E-state index is -0.475. The van der Waals surface area contributed by atoms with E-state index in [0.717, 1.165) is 17.5 Å². The molecule has 0 aliphatic rings. The largest absolute Gasteiger partial charge is 0.497 e. The third kappa shape index (κ3) is 5.08. The monoisotopic (exact) mass is 341 g/mol. The molecule has 5 heteroatoms. The number of amides is 1. The lowest BCUT2D eigenvalue weighted by molar-refractivity contribution is -0.141. The van der Waals surface area contributed by atoms with Crippen molar-refractivity contribution in [2.75, 3.05) is 14.2 Å². The SMILES string of the molecule is CCc1ccc(C(=O)NC(CC(=O)OC)c2ccc(OC)cc2)cc1. The number of rotatable bonds is 7. The number of methoxy groups -OCH3 is 2. The van der Waals surface area contributed by atoms with Gasteiger partial charge < -0.3 is 14.8 Å². The Morgan fingerprint density at radius 1 is 1.00 bits per heavy atom. The predicted octanol–water partition coefficient (Wildman–Crippen LogP) is 3.29. The molecular weight excluding hydrogens is 318 g/mol. The average molecular weight is 341 g/mol. The first-order chi connectivity index (χ1) is 12.1. The number of ether oxygens (including phenoxy) is 2. The molecule has 2 aromatic carbocycles. The van der Waals surface area contributed by atoms with Gasteiger partial charge in [0.25, 0.3) is 5.91 Å². The standard InChI is InChI=1S/C20H23NO4/c1-4-14-5-7-16(8-6-14)20(23)21-18(13-19(22)25-3)15-9-11-17(24-2)12-10-15/h5-12,18H,4,13H2,1-3H3,(H,21,23). The maximum absolute atomic E-state index is 12.5. The second kappa shape index (κ2) is 8.87. The van der Waals surface area contributed by atoms with Crippen LogP contribution < -0.4 is 10.1 Å². The van der Waals surface area contributed by atoms with E-state index in [1.54, 1.807) is 31.4 Å². The summed E-state index contributed by atoms with van der Waals surface area (Å²) >= 11 is 0. The Morgan fingerprint density at radius 2 is 1.64 bits per heavy atom. The summed E-state index contributed by atoms with van der Waals surface area (Å²) in [7, 11) is 2.92. The number of aryl methyl sites for hydroxylation is 1. The molecule has 0 saturated carbocycles. The molecule has 1 unspecified atom stereocenters. The quantitative estimate of drug-likeness (QED) is 0.785. The minimum Gasteiger partial charge on any atom is -0.497 e. The third-order valence-electron chi connectivity index (χ3n) is 4.05. The lowest BCUT2D eigenvalue weighted by atomic mass is 10.0. The van der Waals surface area contributed by atoms with Crippen LogP contribution in [0.15, 0.2) is 48.5 Å². The fourth-order valence-corrected chi connectivity index (χ4v) is 2.47. The van der Waals surface area contributed by atoms with Crippen LogP contribution in [0.25, 0.3) is 0 Å². The lowest BCUT2D eigenvalue weighted by Crippen LogP contribution is -2.30. The Labute approximate surface area is 148 Å². The van der Waals surface area contributed by atoms with E-state index in [1.807, 2.05) is 24.3 Å². The first-order valence-corrected chi connectivity index (χ1v) is 8.18. The van der Waals surface area contributed by atoms with E-state index < -0.39 is 6.04 Å². The fraction of sp³-hybridized carbons (Fsp3) is 0.300. The molecule has 2 rings (SSSR count). The van der Waals surface area contributed by atoms with E-state index in [0.29, 0.717) is 11.3 Å². The van der Waals surface area contributed by atoms with Crippen molar-refractivity contribution in [3.63, 3.8) is 0 Å². The summed E-state index contributed by atoms with van der Waals surface area (Å²) in [5, 5.41) is 2.91. The molecule has 1 amide bonds. The zero-order valence-corrected chi connectivity index (χ0v) is 14.7. The Kier molecular flexibility index (Phi) is 6.57. The summed E-state index contributed by atoms with van der Waals surface area (Å²) in [4.78, 5) is 24.3. The van der Waals surface area contributed by atoms with Gasteiger partial charge in [0, 0.05) is 5.56 Å². The van der Waals surface area contributed by atoms with Gasteiger partial charge in [-0.2, -0.15) is 0 Å². The van der Waals surface area contributed by atoms with Gasteiger partial charge in [0.1, 0.15) is 5.75 Å². The van der Waals surface area contributed by atoms with E-state index >= 15 is 0 Å². The van der Waals surface area contributed by atoms with Crippen LogP contribution >= 0.6 is 0 Å². The molecule has 0 heterocycles. The fourth-order valence-electron chi connectivity index (χ4n) is 2.47. The highest BCUT2D eigenvalue weighted by Gasteiger charge is 2.20. The number of hydrogen-bond acceptors (Lipinski definition) is 4. The normalized spacial score (nSPS) is 11.5. The van der Waals surface area contributed by atoms with Gasteiger partial charge >= 0.3 is 5.97 Å². The number of hydrogen-bond donors (Lipinski definition) is 1. The molecule has 0 saturated heterocycles. The highest BCUT2D eigenvalue weighted by molar-refractivity contribution is 5.94. The zero-order valence-electron chi connectivity index (χ0n) is 14.7. The molecule has 0 aromatic heterocycles. The highest BCUT2D eigenvalue weighted by Crippen LogP contribution is 2.21. The number of esters is 1. The molecule has 5 nitrogen and oxygen atoms in total. The Morgan fingerprint density at radius 3 is 2.16 bits per heavy atom. The minimum absolute atomic E-state index is 0.0572. The summed E-state index contributed by atoms with van der Waals surface area (Å²) in [5.74, 6) is 0.0943. The van der Waals surface area contributed by atoms with Crippen LogP contribution in [0.2, 0.25) is 0 Å². The molecule has 0 spiro atoms. The van der Waals surface area contributed by atoms with Crippen molar-refractivity contribution in [2.45, 2.75) is 25.8 Å². The van der Waals surface area contributed by atoms with Gasteiger partial charge in [-0.3, -0.25) is 9.59 Å². The van der Waals surface area contributed by atoms with Crippen molar-refractivity contribution in [3.8, 4) is 5.75 Å². The van der Waals surface area contributed by atoms with Crippen LogP contribution in [0.3, 0.4) is 0 Å². The van der Waals surface area contributed by atoms with E-state index in [9.17, 15) is 9.59 Å². The summed E-state index contributed by atoms with van der Waals surface area (Å²) in [6, 6.07) is 14.2. The Bertz CT molecular complexity index is 707. The van der Waals surface area contributed by atoms with Crippen LogP contribution in [-0.4, -0.2) is 26.1 Å². The molecule has 132 valence electrons. The lowest BCUT2D eigenvalue weighted by Gasteiger charge is -2.19. The maximum atomic E-state index is 12.5. The maximum Gasteiger partial charge on any atom is 0.307 e. The van der Waals surface area contributed by atoms with E-state index in [2.05, 4.69) is 12.2 Å². The van der Waals surface area contributed by atoms with Crippen molar-refractivity contribution >= 4 is 11.9 Å². The van der Waals surface area contributed by atoms with Crippen LogP contribution in [0.1, 0.15) is 40.9 Å². The summed E-state index contributed by atoms with van der Waals surface area (Å²) in [5.41, 5.74) is 2.53. The van der Waals surface area contributed by atoms with Crippen LogP contribution in [0.5, 0.6) is 5.75 Å². The number of benzene rings is 2. The van der Waals surface area contributed by atoms with Crippen molar-refractivity contribution in [1.82, 2.24) is 5.32 Å². The summed E-state index contributed by atoms with van der Waals surface area (Å²) < 4.78 is 9.89. The van der Waals surface area contributed by atoms with E-state index in [1.165, 1.54) is 7.11 Å². The highest BCUT2D eigenvalue weighted by atomic mass is 16.5. The molecule has 0 fully saturated rings. The van der Waals surface area contributed by atoms with Crippen LogP contribution in [-0.2, 0) is 16.0 Å². The zero-order chi connectivity index (χ0) is 18.2. The number of nitrogens with one attached hydrogen (secondary N) is 1. The molecule has 1 N–H and O–H groups in total. The first-order valence-electron chi connectivity index (χ1n) is 8.18. The van der Waals surface area contributed by atoms with E-state index in [-0.39, 0.29) is 18.3 Å². The van der Waals surface area contributed by atoms with Gasteiger partial charge in [-0.15, -0.1) is 0 Å². The molecular formula is C20H23NO4. The summed E-state index contributed by atoms with van der Waals surface area (Å²) in [6.45, 7) is 2.06. The van der Waals surface area contributed by atoms with Gasteiger partial charge in [-0.05, 0) is 41.8 Å². The molecule has 1 atom stereocenters. The van der Waals surface area contributed by atoms with Crippen molar-refractivity contribution in [2.24, 2.45) is 0 Å². The smallest absolute Gasteiger partial charge is 0.307 e. The summed E-state index contributed by atoms with van der Waals surface area (Å²) in [6.07, 6.45) is 0.973. The molecule has 25 heavy (non-hydrogen) atoms. The average Bonchev–Trinajstić information content (AvgIpc) is 2.67. The van der Waals surface area contributed by atoms with Gasteiger partial charge in [-0.25, -0.2) is 0 Å². The van der Waals surface area contributed by atoms with Crippen molar-refractivity contribution in [3.05, 3.63) is 65.2 Å². The Balaban J connectivity index is 2.18. The second-order valence-electron chi connectivity index (χ2n) is 5.63. The third-order valence-corrected chi connectivity index (χ3v) is 4.05. The van der Waals surface area contributed by atoms with Gasteiger partial charge in [-0.1, -0.05) is 31.2 Å². The van der Waals surface area contributed by atoms with E-state index in [4.69, 9.17) is 9.47 Å². The van der Waals surface area contributed by atoms with Crippen molar-refractivity contribution < 1.29 is 19.1 Å². The number of carbonyl (C=O) groups is 2. The molecule has 0 bridgehead atoms. The van der Waals surface area contributed by atoms with Gasteiger partial charge in [0.15, 0.2) is 0 Å². The molecule has 0 aliphatic carbocycles. The first kappa shape index (κ1) is 18.5. The van der Waals surface area contributed by atoms with Crippen LogP contribution in [0.4, 0.5) is 0 Å². The van der Waals surface area contributed by atoms with Crippen molar-refractivity contribution in [1.29, 1.82) is 0 Å². The van der Waals surface area contributed by atoms with Crippen LogP contribution in [0, 0.1) is 0 Å². The van der Waals surface area contributed by atoms with Gasteiger partial charge in [0.2, 0.25) is 0 Å². The Hall–Kier alpha value is -2.82. The van der Waals surface area contributed by atoms with Gasteiger partial charge in [0.05, 0.1) is 26.7 Å². The molecule has 0 aliphatic heterocycles. The predicted molar refractivity (Wildman–Crippen MR) is 95.7 cm³/mol. The molecule has 2 aromatic rings. The topological polar surface area (TPSA) is 64.6 Å². The second-order valence-corrected chi connectivity index (χ2v) is 5.63. The molecule has 0 radical (unpaired) electrons.